The Kier molecular flexibility index (Phi) is 4.91. The minimum atomic E-state index is -3.52. The molecule has 0 saturated carbocycles. The van der Waals surface area contributed by atoms with Gasteiger partial charge in [-0.3, -0.25) is 0 Å². The van der Waals surface area contributed by atoms with E-state index in [1.807, 2.05) is 20.8 Å². The van der Waals surface area contributed by atoms with E-state index < -0.39 is 10.0 Å². The first-order chi connectivity index (χ1) is 9.86. The van der Waals surface area contributed by atoms with Crippen molar-refractivity contribution in [3.63, 3.8) is 0 Å². The van der Waals surface area contributed by atoms with E-state index in [0.29, 0.717) is 30.3 Å². The van der Waals surface area contributed by atoms with E-state index in [-0.39, 0.29) is 6.10 Å². The number of nitrogen functional groups attached to an aromatic ring is 1. The van der Waals surface area contributed by atoms with Gasteiger partial charge in [-0.05, 0) is 56.9 Å². The summed E-state index contributed by atoms with van der Waals surface area (Å²) in [5, 5.41) is 0. The van der Waals surface area contributed by atoms with Gasteiger partial charge < -0.3 is 10.5 Å². The first-order valence-electron chi connectivity index (χ1n) is 7.34. The topological polar surface area (TPSA) is 72.6 Å². The lowest BCUT2D eigenvalue weighted by Gasteiger charge is -2.32. The highest BCUT2D eigenvalue weighted by atomic mass is 32.2. The summed E-state index contributed by atoms with van der Waals surface area (Å²) >= 11 is 0. The maximum Gasteiger partial charge on any atom is 0.243 e. The zero-order valence-corrected chi connectivity index (χ0v) is 13.7. The van der Waals surface area contributed by atoms with Gasteiger partial charge in [0.2, 0.25) is 10.0 Å². The van der Waals surface area contributed by atoms with Crippen LogP contribution in [0.2, 0.25) is 0 Å². The third-order valence-electron chi connectivity index (χ3n) is 4.00. The van der Waals surface area contributed by atoms with Crippen LogP contribution in [-0.4, -0.2) is 38.5 Å². The van der Waals surface area contributed by atoms with E-state index in [1.165, 1.54) is 4.31 Å². The summed E-state index contributed by atoms with van der Waals surface area (Å²) in [5.74, 6) is 0. The summed E-state index contributed by atoms with van der Waals surface area (Å²) in [7, 11) is -3.52. The van der Waals surface area contributed by atoms with Crippen molar-refractivity contribution >= 4 is 15.7 Å². The molecule has 6 heteroatoms. The predicted octanol–water partition coefficient (Wildman–Crippen LogP) is 2.08. The van der Waals surface area contributed by atoms with Crippen molar-refractivity contribution in [3.05, 3.63) is 23.3 Å². The van der Waals surface area contributed by atoms with E-state index in [4.69, 9.17) is 10.5 Å². The van der Waals surface area contributed by atoms with Crippen molar-refractivity contribution in [1.29, 1.82) is 0 Å². The Morgan fingerprint density at radius 1 is 1.38 bits per heavy atom. The summed E-state index contributed by atoms with van der Waals surface area (Å²) in [5.41, 5.74) is 7.97. The second-order valence-electron chi connectivity index (χ2n) is 5.54. The quantitative estimate of drug-likeness (QED) is 0.864. The highest BCUT2D eigenvalue weighted by Crippen LogP contribution is 2.27. The maximum absolute atomic E-state index is 12.9. The fraction of sp³-hybridized carbons (Fsp3) is 0.600. The Morgan fingerprint density at radius 3 is 2.76 bits per heavy atom. The van der Waals surface area contributed by atoms with Crippen molar-refractivity contribution in [1.82, 2.24) is 4.31 Å². The van der Waals surface area contributed by atoms with Gasteiger partial charge in [-0.15, -0.1) is 0 Å². The number of rotatable bonds is 4. The van der Waals surface area contributed by atoms with E-state index in [2.05, 4.69) is 0 Å². The van der Waals surface area contributed by atoms with Crippen LogP contribution in [0.15, 0.2) is 17.0 Å². The number of anilines is 1. The Bertz CT molecular complexity index is 612. The molecule has 2 N–H and O–H groups in total. The summed E-state index contributed by atoms with van der Waals surface area (Å²) in [4.78, 5) is 0.317. The average Bonchev–Trinajstić information content (AvgIpc) is 2.43. The fourth-order valence-electron chi connectivity index (χ4n) is 2.76. The highest BCUT2D eigenvalue weighted by Gasteiger charge is 2.31. The van der Waals surface area contributed by atoms with Crippen LogP contribution in [0.4, 0.5) is 5.69 Å². The number of aryl methyl sites for hydroxylation is 1. The number of sulfonamides is 1. The Hall–Kier alpha value is -1.11. The third-order valence-corrected chi connectivity index (χ3v) is 5.99. The number of nitrogens with zero attached hydrogens (tertiary/aromatic N) is 1. The van der Waals surface area contributed by atoms with Crippen LogP contribution in [-0.2, 0) is 14.8 Å². The molecule has 0 aliphatic carbocycles. The molecule has 0 spiro atoms. The predicted molar refractivity (Wildman–Crippen MR) is 83.7 cm³/mol. The monoisotopic (exact) mass is 312 g/mol. The van der Waals surface area contributed by atoms with Gasteiger partial charge in [0.25, 0.3) is 0 Å². The summed E-state index contributed by atoms with van der Waals surface area (Å²) in [6.07, 6.45) is 1.72. The Labute approximate surface area is 127 Å². The number of ether oxygens (including phenoxy) is 1. The van der Waals surface area contributed by atoms with Gasteiger partial charge in [0, 0.05) is 25.4 Å². The van der Waals surface area contributed by atoms with Crippen molar-refractivity contribution < 1.29 is 13.2 Å². The van der Waals surface area contributed by atoms with Crippen LogP contribution in [0.3, 0.4) is 0 Å². The molecular weight excluding hydrogens is 288 g/mol. The Morgan fingerprint density at radius 2 is 2.10 bits per heavy atom. The molecule has 1 aliphatic rings. The van der Waals surface area contributed by atoms with Crippen molar-refractivity contribution in [2.75, 3.05) is 25.4 Å². The molecular formula is C15H24N2O3S. The zero-order valence-electron chi connectivity index (χ0n) is 12.9. The third kappa shape index (κ3) is 3.39. The van der Waals surface area contributed by atoms with E-state index in [0.717, 1.165) is 24.0 Å². The molecule has 1 unspecified atom stereocenters. The van der Waals surface area contributed by atoms with Crippen molar-refractivity contribution in [2.45, 2.75) is 44.6 Å². The largest absolute Gasteiger partial charge is 0.399 e. The van der Waals surface area contributed by atoms with Crippen molar-refractivity contribution in [2.24, 2.45) is 0 Å². The van der Waals surface area contributed by atoms with Crippen LogP contribution in [0.25, 0.3) is 0 Å². The van der Waals surface area contributed by atoms with Gasteiger partial charge in [-0.25, -0.2) is 8.42 Å². The lowest BCUT2D eigenvalue weighted by atomic mass is 10.1. The van der Waals surface area contributed by atoms with E-state index >= 15 is 0 Å². The maximum atomic E-state index is 12.9. The van der Waals surface area contributed by atoms with Gasteiger partial charge >= 0.3 is 0 Å². The lowest BCUT2D eigenvalue weighted by Crippen LogP contribution is -2.43. The molecule has 1 aliphatic heterocycles. The molecule has 0 amide bonds. The average molecular weight is 312 g/mol. The molecule has 2 rings (SSSR count). The van der Waals surface area contributed by atoms with Gasteiger partial charge in [0.05, 0.1) is 11.0 Å². The van der Waals surface area contributed by atoms with E-state index in [1.54, 1.807) is 12.1 Å². The van der Waals surface area contributed by atoms with Gasteiger partial charge in [0.1, 0.15) is 0 Å². The molecule has 1 heterocycles. The number of hydrogen-bond acceptors (Lipinski definition) is 4. The second kappa shape index (κ2) is 6.34. The number of nitrogens with two attached hydrogens (primary N) is 1. The first kappa shape index (κ1) is 16.3. The molecule has 0 aromatic heterocycles. The van der Waals surface area contributed by atoms with Gasteiger partial charge in [-0.1, -0.05) is 0 Å². The highest BCUT2D eigenvalue weighted by molar-refractivity contribution is 7.89. The van der Waals surface area contributed by atoms with Gasteiger partial charge in [0.15, 0.2) is 0 Å². The van der Waals surface area contributed by atoms with Crippen molar-refractivity contribution in [3.8, 4) is 0 Å². The molecule has 1 atom stereocenters. The number of benzene rings is 1. The van der Waals surface area contributed by atoms with Crippen LogP contribution in [0.5, 0.6) is 0 Å². The number of hydrogen-bond donors (Lipinski definition) is 1. The SMILES string of the molecule is CCOC1CCCN(S(=O)(=O)c2cc(N)cc(C)c2C)C1. The molecule has 0 radical (unpaired) electrons. The van der Waals surface area contributed by atoms with Crippen LogP contribution in [0.1, 0.15) is 30.9 Å². The molecule has 21 heavy (non-hydrogen) atoms. The number of piperidine rings is 1. The molecule has 1 saturated heterocycles. The van der Waals surface area contributed by atoms with E-state index in [9.17, 15) is 8.42 Å². The second-order valence-corrected chi connectivity index (χ2v) is 7.45. The standard InChI is InChI=1S/C15H24N2O3S/c1-4-20-14-6-5-7-17(10-14)21(18,19)15-9-13(16)8-11(2)12(15)3/h8-9,14H,4-7,10,16H2,1-3H3. The van der Waals surface area contributed by atoms with Crippen LogP contribution < -0.4 is 5.73 Å². The molecule has 118 valence electrons. The molecule has 0 bridgehead atoms. The first-order valence-corrected chi connectivity index (χ1v) is 8.78. The molecule has 1 aromatic rings. The summed E-state index contributed by atoms with van der Waals surface area (Å²) in [6, 6.07) is 3.36. The molecule has 5 nitrogen and oxygen atoms in total. The molecule has 1 fully saturated rings. The lowest BCUT2D eigenvalue weighted by molar-refractivity contribution is 0.0265. The Balaban J connectivity index is 2.34. The molecule has 1 aromatic carbocycles. The minimum absolute atomic E-state index is 0.0130. The summed E-state index contributed by atoms with van der Waals surface area (Å²) in [6.45, 7) is 7.20. The van der Waals surface area contributed by atoms with Crippen LogP contribution in [0, 0.1) is 13.8 Å². The zero-order chi connectivity index (χ0) is 15.6. The van der Waals surface area contributed by atoms with Gasteiger partial charge in [-0.2, -0.15) is 4.31 Å². The van der Waals surface area contributed by atoms with Crippen LogP contribution >= 0.6 is 0 Å². The summed E-state index contributed by atoms with van der Waals surface area (Å²) < 4.78 is 32.9. The fourth-order valence-corrected chi connectivity index (χ4v) is 4.60. The minimum Gasteiger partial charge on any atom is -0.399 e. The normalized spacial score (nSPS) is 20.6. The smallest absolute Gasteiger partial charge is 0.243 e.